The number of aromatic nitrogens is 2. The Balaban J connectivity index is 2.38. The van der Waals surface area contributed by atoms with Crippen molar-refractivity contribution in [3.63, 3.8) is 0 Å². The number of nitrogens with two attached hydrogens (primary N) is 1. The van der Waals surface area contributed by atoms with Crippen LogP contribution in [-0.4, -0.2) is 29.6 Å². The average Bonchev–Trinajstić information content (AvgIpc) is 2.72. The van der Waals surface area contributed by atoms with Crippen molar-refractivity contribution in [1.29, 1.82) is 0 Å². The maximum atomic E-state index is 12.7. The Morgan fingerprint density at radius 3 is 2.57 bits per heavy atom. The molecule has 114 valence electrons. The van der Waals surface area contributed by atoms with E-state index in [0.717, 1.165) is 5.56 Å². The van der Waals surface area contributed by atoms with Gasteiger partial charge in [-0.15, -0.1) is 0 Å². The zero-order chi connectivity index (χ0) is 15.8. The third-order valence-electron chi connectivity index (χ3n) is 2.87. The molecule has 0 aliphatic carbocycles. The summed E-state index contributed by atoms with van der Waals surface area (Å²) in [4.78, 5) is 0.0668. The van der Waals surface area contributed by atoms with E-state index in [1.54, 1.807) is 36.3 Å². The number of anilines is 1. The lowest BCUT2D eigenvalue weighted by Gasteiger charge is -2.19. The smallest absolute Gasteiger partial charge is 0.246 e. The normalized spacial score (nSPS) is 12.0. The highest BCUT2D eigenvalue weighted by Gasteiger charge is 2.26. The monoisotopic (exact) mass is 436 g/mol. The highest BCUT2D eigenvalue weighted by molar-refractivity contribution is 9.11. The van der Waals surface area contributed by atoms with E-state index in [2.05, 4.69) is 37.0 Å². The number of benzene rings is 1. The van der Waals surface area contributed by atoms with Crippen molar-refractivity contribution in [2.24, 2.45) is 7.05 Å². The van der Waals surface area contributed by atoms with Gasteiger partial charge in [-0.05, 0) is 28.1 Å². The van der Waals surface area contributed by atoms with Crippen molar-refractivity contribution in [2.75, 3.05) is 12.8 Å². The van der Waals surface area contributed by atoms with Crippen LogP contribution >= 0.6 is 31.9 Å². The molecule has 1 aromatic carbocycles. The first-order valence-corrected chi connectivity index (χ1v) is 8.93. The zero-order valence-electron chi connectivity index (χ0n) is 11.4. The van der Waals surface area contributed by atoms with Crippen LogP contribution in [0, 0.1) is 0 Å². The molecule has 6 nitrogen and oxygen atoms in total. The van der Waals surface area contributed by atoms with Gasteiger partial charge in [0.15, 0.2) is 0 Å². The Hall–Kier alpha value is -0.900. The number of sulfonamides is 1. The Labute approximate surface area is 140 Å². The van der Waals surface area contributed by atoms with E-state index in [0.29, 0.717) is 8.95 Å². The van der Waals surface area contributed by atoms with Crippen LogP contribution < -0.4 is 5.73 Å². The van der Waals surface area contributed by atoms with Gasteiger partial charge < -0.3 is 5.73 Å². The first-order chi connectivity index (χ1) is 9.71. The van der Waals surface area contributed by atoms with Gasteiger partial charge >= 0.3 is 0 Å². The van der Waals surface area contributed by atoms with Gasteiger partial charge in [-0.1, -0.05) is 15.9 Å². The van der Waals surface area contributed by atoms with Crippen LogP contribution in [0.3, 0.4) is 0 Å². The van der Waals surface area contributed by atoms with E-state index in [4.69, 9.17) is 5.73 Å². The van der Waals surface area contributed by atoms with Crippen LogP contribution in [0.4, 0.5) is 5.69 Å². The third-order valence-corrected chi connectivity index (χ3v) is 6.14. The Morgan fingerprint density at radius 2 is 2.05 bits per heavy atom. The molecule has 0 bridgehead atoms. The number of rotatable bonds is 4. The van der Waals surface area contributed by atoms with Gasteiger partial charge in [0.2, 0.25) is 10.0 Å². The van der Waals surface area contributed by atoms with Gasteiger partial charge in [-0.2, -0.15) is 9.40 Å². The third kappa shape index (κ3) is 3.47. The Morgan fingerprint density at radius 1 is 1.38 bits per heavy atom. The number of hydrogen-bond donors (Lipinski definition) is 1. The first kappa shape index (κ1) is 16.5. The molecule has 0 fully saturated rings. The van der Waals surface area contributed by atoms with Gasteiger partial charge in [0, 0.05) is 41.3 Å². The molecule has 0 unspecified atom stereocenters. The summed E-state index contributed by atoms with van der Waals surface area (Å²) in [5.74, 6) is 0. The van der Waals surface area contributed by atoms with Crippen LogP contribution in [-0.2, 0) is 23.6 Å². The van der Waals surface area contributed by atoms with Crippen LogP contribution in [0.15, 0.2) is 38.4 Å². The second-order valence-corrected chi connectivity index (χ2v) is 8.34. The highest BCUT2D eigenvalue weighted by atomic mass is 79.9. The zero-order valence-corrected chi connectivity index (χ0v) is 15.4. The summed E-state index contributed by atoms with van der Waals surface area (Å²) in [6, 6.07) is 3.22. The van der Waals surface area contributed by atoms with E-state index in [1.165, 1.54) is 11.4 Å². The predicted octanol–water partition coefficient (Wildman–Crippen LogP) is 2.35. The van der Waals surface area contributed by atoms with E-state index in [9.17, 15) is 8.42 Å². The fraction of sp³-hybridized carbons (Fsp3) is 0.250. The molecule has 2 rings (SSSR count). The quantitative estimate of drug-likeness (QED) is 0.744. The molecule has 0 aliphatic heterocycles. The largest absolute Gasteiger partial charge is 0.398 e. The second-order valence-electron chi connectivity index (χ2n) is 4.59. The average molecular weight is 438 g/mol. The molecular weight excluding hydrogens is 424 g/mol. The maximum Gasteiger partial charge on any atom is 0.246 e. The molecule has 0 atom stereocenters. The number of nitrogen functional groups attached to an aromatic ring is 1. The molecule has 0 radical (unpaired) electrons. The van der Waals surface area contributed by atoms with E-state index < -0.39 is 10.0 Å². The van der Waals surface area contributed by atoms with Gasteiger partial charge in [0.25, 0.3) is 0 Å². The van der Waals surface area contributed by atoms with Crippen LogP contribution in [0.25, 0.3) is 0 Å². The molecule has 2 aromatic rings. The summed E-state index contributed by atoms with van der Waals surface area (Å²) in [5.41, 5.74) is 6.85. The molecule has 21 heavy (non-hydrogen) atoms. The lowest BCUT2D eigenvalue weighted by Crippen LogP contribution is -2.27. The topological polar surface area (TPSA) is 81.2 Å². The predicted molar refractivity (Wildman–Crippen MR) is 88.1 cm³/mol. The molecule has 2 N–H and O–H groups in total. The molecule has 0 saturated carbocycles. The van der Waals surface area contributed by atoms with Crippen LogP contribution in [0.1, 0.15) is 5.56 Å². The molecule has 1 heterocycles. The summed E-state index contributed by atoms with van der Waals surface area (Å²) < 4.78 is 29.3. The number of halogens is 2. The molecule has 0 spiro atoms. The lowest BCUT2D eigenvalue weighted by atomic mass is 10.3. The number of aryl methyl sites for hydroxylation is 1. The second kappa shape index (κ2) is 6.07. The highest BCUT2D eigenvalue weighted by Crippen LogP contribution is 2.33. The summed E-state index contributed by atoms with van der Waals surface area (Å²) >= 11 is 6.54. The first-order valence-electron chi connectivity index (χ1n) is 5.90. The van der Waals surface area contributed by atoms with Crippen molar-refractivity contribution in [3.8, 4) is 0 Å². The fourth-order valence-corrected chi connectivity index (χ4v) is 5.07. The number of hydrogen-bond acceptors (Lipinski definition) is 4. The standard InChI is InChI=1S/C12H14Br2N4O2S/c1-17-6-8(5-16-17)7-18(2)21(19,20)12-10(14)3-9(13)4-11(12)15/h3-6H,7,15H2,1-2H3. The summed E-state index contributed by atoms with van der Waals surface area (Å²) in [6.07, 6.45) is 3.40. The van der Waals surface area contributed by atoms with Crippen molar-refractivity contribution in [1.82, 2.24) is 14.1 Å². The van der Waals surface area contributed by atoms with E-state index in [1.807, 2.05) is 0 Å². The molecular formula is C12H14Br2N4O2S. The van der Waals surface area contributed by atoms with Gasteiger partial charge in [0.1, 0.15) is 4.90 Å². The van der Waals surface area contributed by atoms with Gasteiger partial charge in [0.05, 0.1) is 11.9 Å². The maximum absolute atomic E-state index is 12.7. The molecule has 0 saturated heterocycles. The molecule has 0 aliphatic rings. The molecule has 9 heteroatoms. The van der Waals surface area contributed by atoms with Gasteiger partial charge in [-0.3, -0.25) is 4.68 Å². The van der Waals surface area contributed by atoms with Crippen molar-refractivity contribution in [3.05, 3.63) is 39.0 Å². The SMILES string of the molecule is CN(Cc1cnn(C)c1)S(=O)(=O)c1c(N)cc(Br)cc1Br. The van der Waals surface area contributed by atoms with Crippen molar-refractivity contribution >= 4 is 47.6 Å². The van der Waals surface area contributed by atoms with Crippen molar-refractivity contribution < 1.29 is 8.42 Å². The van der Waals surface area contributed by atoms with Crippen molar-refractivity contribution in [2.45, 2.75) is 11.4 Å². The fourth-order valence-electron chi connectivity index (χ4n) is 1.90. The Kier molecular flexibility index (Phi) is 4.76. The molecule has 0 amide bonds. The minimum atomic E-state index is -3.70. The minimum Gasteiger partial charge on any atom is -0.398 e. The number of nitrogens with zero attached hydrogens (tertiary/aromatic N) is 3. The summed E-state index contributed by atoms with van der Waals surface area (Å²) in [5, 5.41) is 4.03. The van der Waals surface area contributed by atoms with Gasteiger partial charge in [-0.25, -0.2) is 8.42 Å². The van der Waals surface area contributed by atoms with Crippen LogP contribution in [0.2, 0.25) is 0 Å². The van der Waals surface area contributed by atoms with Crippen LogP contribution in [0.5, 0.6) is 0 Å². The lowest BCUT2D eigenvalue weighted by molar-refractivity contribution is 0.466. The van der Waals surface area contributed by atoms with E-state index in [-0.39, 0.29) is 17.1 Å². The summed E-state index contributed by atoms with van der Waals surface area (Å²) in [7, 11) is -0.413. The molecule has 1 aromatic heterocycles. The Bertz CT molecular complexity index is 750. The van der Waals surface area contributed by atoms with E-state index >= 15 is 0 Å². The minimum absolute atomic E-state index is 0.0668. The summed E-state index contributed by atoms with van der Waals surface area (Å²) in [6.45, 7) is 0.220.